The molecule has 0 fully saturated rings. The minimum absolute atomic E-state index is 0.599. The maximum absolute atomic E-state index is 10.8. The molecule has 10 aromatic rings. The average molecular weight is 691 g/mol. The van der Waals surface area contributed by atoms with Crippen LogP contribution >= 0.6 is 0 Å². The highest BCUT2D eigenvalue weighted by Crippen LogP contribution is 2.42. The molecule has 0 spiro atoms. The number of nitrogens with zero attached hydrogens (tertiary/aromatic N) is 4. The van der Waals surface area contributed by atoms with E-state index in [-0.39, 0.29) is 0 Å². The number of hydrogen-bond acceptors (Lipinski definition) is 2. The van der Waals surface area contributed by atoms with Gasteiger partial charge in [0.1, 0.15) is 0 Å². The van der Waals surface area contributed by atoms with Crippen molar-refractivity contribution >= 4 is 43.6 Å². The Morgan fingerprint density at radius 1 is 0.426 bits per heavy atom. The Labute approximate surface area is 313 Å². The lowest BCUT2D eigenvalue weighted by atomic mass is 9.98. The van der Waals surface area contributed by atoms with Gasteiger partial charge in [0.05, 0.1) is 45.1 Å². The van der Waals surface area contributed by atoms with Crippen molar-refractivity contribution in [2.24, 2.45) is 0 Å². The van der Waals surface area contributed by atoms with E-state index in [0.717, 1.165) is 72.0 Å². The molecule has 4 nitrogen and oxygen atoms in total. The molecule has 0 N–H and O–H groups in total. The van der Waals surface area contributed by atoms with E-state index in [2.05, 4.69) is 180 Å². The summed E-state index contributed by atoms with van der Waals surface area (Å²) >= 11 is 0. The van der Waals surface area contributed by atoms with Crippen molar-refractivity contribution in [3.63, 3.8) is 0 Å². The minimum Gasteiger partial charge on any atom is -0.307 e. The van der Waals surface area contributed by atoms with E-state index in [1.165, 1.54) is 27.5 Å². The Balaban J connectivity index is 1.35. The van der Waals surface area contributed by atoms with Gasteiger partial charge in [0.15, 0.2) is 0 Å². The van der Waals surface area contributed by atoms with Gasteiger partial charge in [-0.05, 0) is 90.2 Å². The van der Waals surface area contributed by atoms with Crippen molar-refractivity contribution < 1.29 is 0 Å². The summed E-state index contributed by atoms with van der Waals surface area (Å²) in [4.78, 5) is 4.30. The van der Waals surface area contributed by atoms with Gasteiger partial charge in [0, 0.05) is 39.5 Å². The first-order chi connectivity index (χ1) is 26.6. The Hall–Kier alpha value is -7.22. The third kappa shape index (κ3) is 5.02. The molecule has 0 aliphatic rings. The van der Waals surface area contributed by atoms with E-state index in [0.29, 0.717) is 5.56 Å². The van der Waals surface area contributed by atoms with Gasteiger partial charge in [-0.25, -0.2) is 0 Å². The molecule has 54 heavy (non-hydrogen) atoms. The molecule has 0 saturated carbocycles. The second-order valence-corrected chi connectivity index (χ2v) is 14.1. The maximum atomic E-state index is 10.8. The van der Waals surface area contributed by atoms with Crippen molar-refractivity contribution in [1.29, 1.82) is 5.26 Å². The molecule has 254 valence electrons. The zero-order chi connectivity index (χ0) is 36.3. The number of aromatic nitrogens is 3. The van der Waals surface area contributed by atoms with Crippen LogP contribution < -0.4 is 0 Å². The van der Waals surface area contributed by atoms with Crippen LogP contribution in [0.5, 0.6) is 0 Å². The smallest absolute Gasteiger partial charge is 0.0998 e. The summed E-state index contributed by atoms with van der Waals surface area (Å²) in [5.74, 6) is 0. The van der Waals surface area contributed by atoms with Crippen molar-refractivity contribution in [2.45, 2.75) is 13.8 Å². The lowest BCUT2D eigenvalue weighted by molar-refractivity contribution is 1.09. The van der Waals surface area contributed by atoms with Gasteiger partial charge in [0.25, 0.3) is 0 Å². The zero-order valence-electron chi connectivity index (χ0n) is 30.0. The van der Waals surface area contributed by atoms with Crippen LogP contribution in [0, 0.1) is 25.2 Å². The molecule has 0 aliphatic heterocycles. The monoisotopic (exact) mass is 690 g/mol. The molecule has 0 amide bonds. The molecule has 0 unspecified atom stereocenters. The Morgan fingerprint density at radius 3 is 1.37 bits per heavy atom. The first-order valence-corrected chi connectivity index (χ1v) is 18.3. The van der Waals surface area contributed by atoms with E-state index in [4.69, 9.17) is 0 Å². The third-order valence-corrected chi connectivity index (χ3v) is 10.8. The van der Waals surface area contributed by atoms with E-state index < -0.39 is 0 Å². The molecule has 0 atom stereocenters. The first-order valence-electron chi connectivity index (χ1n) is 18.3. The zero-order valence-corrected chi connectivity index (χ0v) is 30.0. The number of hydrogen-bond donors (Lipinski definition) is 0. The molecular formula is C50H34N4. The number of para-hydroxylation sites is 2. The van der Waals surface area contributed by atoms with Gasteiger partial charge in [-0.15, -0.1) is 0 Å². The molecule has 0 bridgehead atoms. The molecule has 0 radical (unpaired) electrons. The molecule has 0 saturated heterocycles. The van der Waals surface area contributed by atoms with Gasteiger partial charge in [-0.3, -0.25) is 4.98 Å². The Morgan fingerprint density at radius 2 is 0.870 bits per heavy atom. The summed E-state index contributed by atoms with van der Waals surface area (Å²) < 4.78 is 4.76. The van der Waals surface area contributed by atoms with Crippen LogP contribution in [0.1, 0.15) is 16.7 Å². The summed E-state index contributed by atoms with van der Waals surface area (Å²) in [5, 5.41) is 15.5. The van der Waals surface area contributed by atoms with Crippen LogP contribution in [0.4, 0.5) is 0 Å². The van der Waals surface area contributed by atoms with E-state index in [1.807, 2.05) is 12.1 Å². The van der Waals surface area contributed by atoms with Crippen LogP contribution in [0.3, 0.4) is 0 Å². The van der Waals surface area contributed by atoms with Crippen LogP contribution in [-0.2, 0) is 0 Å². The Bertz CT molecular complexity index is 3100. The van der Waals surface area contributed by atoms with Crippen molar-refractivity contribution in [3.8, 4) is 50.8 Å². The van der Waals surface area contributed by atoms with E-state index in [1.54, 1.807) is 12.4 Å². The third-order valence-electron chi connectivity index (χ3n) is 10.8. The normalized spacial score (nSPS) is 11.5. The number of fused-ring (bicyclic) bond motifs is 6. The number of benzene rings is 7. The minimum atomic E-state index is 0.599. The van der Waals surface area contributed by atoms with Crippen LogP contribution in [0.15, 0.2) is 170 Å². The van der Waals surface area contributed by atoms with Gasteiger partial charge >= 0.3 is 0 Å². The van der Waals surface area contributed by atoms with Crippen LogP contribution in [-0.4, -0.2) is 14.1 Å². The highest BCUT2D eigenvalue weighted by molar-refractivity contribution is 6.12. The van der Waals surface area contributed by atoms with Gasteiger partial charge < -0.3 is 9.13 Å². The lowest BCUT2D eigenvalue weighted by Crippen LogP contribution is -2.05. The highest BCUT2D eigenvalue weighted by Gasteiger charge is 2.23. The fraction of sp³-hybridized carbons (Fsp3) is 0.0400. The second-order valence-electron chi connectivity index (χ2n) is 14.1. The summed E-state index contributed by atoms with van der Waals surface area (Å²) in [6.45, 7) is 4.24. The predicted molar refractivity (Wildman–Crippen MR) is 223 cm³/mol. The summed E-state index contributed by atoms with van der Waals surface area (Å²) in [6.07, 6.45) is 3.58. The summed E-state index contributed by atoms with van der Waals surface area (Å²) in [6, 6.07) is 59.1. The fourth-order valence-electron chi connectivity index (χ4n) is 8.11. The average Bonchev–Trinajstić information content (AvgIpc) is 3.73. The largest absolute Gasteiger partial charge is 0.307 e. The quantitative estimate of drug-likeness (QED) is 0.180. The molecule has 4 heteroatoms. The van der Waals surface area contributed by atoms with Crippen LogP contribution in [0.2, 0.25) is 0 Å². The summed E-state index contributed by atoms with van der Waals surface area (Å²) in [7, 11) is 0. The SMILES string of the molecule is Cc1ccc(-c2ccc3c4ccccc4n(-c4cc(C#N)c(-c5ccncc5)cc4-n4c5ccccc5c5ccc(-c6ccc(C)cc6)cc54)c3c2)cc1. The number of rotatable bonds is 5. The lowest BCUT2D eigenvalue weighted by Gasteiger charge is -2.20. The molecule has 0 aliphatic carbocycles. The van der Waals surface area contributed by atoms with Gasteiger partial charge in [-0.1, -0.05) is 120 Å². The highest BCUT2D eigenvalue weighted by atomic mass is 15.1. The maximum Gasteiger partial charge on any atom is 0.0998 e. The number of pyridine rings is 1. The number of aryl methyl sites for hydroxylation is 2. The van der Waals surface area contributed by atoms with Crippen molar-refractivity contribution in [1.82, 2.24) is 14.1 Å². The second kappa shape index (κ2) is 12.5. The molecular weight excluding hydrogens is 657 g/mol. The topological polar surface area (TPSA) is 46.5 Å². The summed E-state index contributed by atoms with van der Waals surface area (Å²) in [5.41, 5.74) is 15.8. The molecule has 3 heterocycles. The number of nitriles is 1. The van der Waals surface area contributed by atoms with E-state index in [9.17, 15) is 5.26 Å². The standard InChI is InChI=1S/C50H34N4/c1-32-11-15-34(16-12-32)37-19-21-42-40-7-3-5-9-45(40)53(47(42)27-37)49-29-39(31-51)44(36-23-25-52-26-24-36)30-50(49)54-46-10-6-4-8-41(46)43-22-20-38(28-48(43)54)35-17-13-33(2)14-18-35/h3-30H,1-2H3. The van der Waals surface area contributed by atoms with E-state index >= 15 is 0 Å². The Kier molecular flexibility index (Phi) is 7.28. The van der Waals surface area contributed by atoms with Gasteiger partial charge in [0.2, 0.25) is 0 Å². The molecule has 7 aromatic carbocycles. The molecule has 3 aromatic heterocycles. The van der Waals surface area contributed by atoms with Crippen molar-refractivity contribution in [2.75, 3.05) is 0 Å². The van der Waals surface area contributed by atoms with Crippen molar-refractivity contribution in [3.05, 3.63) is 187 Å². The fourth-order valence-corrected chi connectivity index (χ4v) is 8.11. The molecule has 10 rings (SSSR count). The predicted octanol–water partition coefficient (Wildman–Crippen LogP) is 12.8. The first kappa shape index (κ1) is 31.5. The van der Waals surface area contributed by atoms with Crippen LogP contribution in [0.25, 0.3) is 88.4 Å². The van der Waals surface area contributed by atoms with Gasteiger partial charge in [-0.2, -0.15) is 5.26 Å².